The fraction of sp³-hybridized carbons (Fsp3) is 0.474. The van der Waals surface area contributed by atoms with Crippen LogP contribution in [0.25, 0.3) is 0 Å². The van der Waals surface area contributed by atoms with Gasteiger partial charge < -0.3 is 15.5 Å². The van der Waals surface area contributed by atoms with Gasteiger partial charge in [0.15, 0.2) is 0 Å². The minimum atomic E-state index is -0.361. The van der Waals surface area contributed by atoms with Crippen LogP contribution in [0.1, 0.15) is 29.6 Å². The van der Waals surface area contributed by atoms with Gasteiger partial charge >= 0.3 is 0 Å². The van der Waals surface area contributed by atoms with E-state index in [4.69, 9.17) is 0 Å². The third kappa shape index (κ3) is 5.29. The van der Waals surface area contributed by atoms with Crippen molar-refractivity contribution in [1.82, 2.24) is 15.5 Å². The summed E-state index contributed by atoms with van der Waals surface area (Å²) in [5.41, 5.74) is 1.71. The van der Waals surface area contributed by atoms with E-state index in [1.807, 2.05) is 0 Å². The minimum Gasteiger partial charge on any atom is -0.352 e. The molecule has 2 N–H and O–H groups in total. The predicted octanol–water partition coefficient (Wildman–Crippen LogP) is 2.14. The maximum atomic E-state index is 13.0. The highest BCUT2D eigenvalue weighted by Gasteiger charge is 2.28. The molecular weight excluding hydrogens is 357 g/mol. The lowest BCUT2D eigenvalue weighted by Crippen LogP contribution is -2.45. The molecule has 0 spiro atoms. The number of likely N-dealkylation sites (tertiary alicyclic amines) is 1. The van der Waals surface area contributed by atoms with Crippen molar-refractivity contribution in [2.75, 3.05) is 32.7 Å². The molecule has 1 saturated heterocycles. The molecule has 142 valence electrons. The summed E-state index contributed by atoms with van der Waals surface area (Å²) >= 11 is 0. The van der Waals surface area contributed by atoms with E-state index in [0.717, 1.165) is 32.4 Å². The average Bonchev–Trinajstić information content (AvgIpc) is 2.67. The van der Waals surface area contributed by atoms with Crippen LogP contribution in [0.15, 0.2) is 35.9 Å². The average molecular weight is 382 g/mol. The number of halogens is 2. The summed E-state index contributed by atoms with van der Waals surface area (Å²) in [6, 6.07) is 5.55. The second kappa shape index (κ2) is 9.69. The van der Waals surface area contributed by atoms with E-state index in [9.17, 15) is 14.0 Å². The standard InChI is InChI=1S/C19H24FN3O2.ClH/c20-17-5-3-15(4-6-17)19(25)23-11-1-2-16(13-23)18(24)22-12-14-7-9-21-10-8-14;/h3-7,16,21H,1-2,8-13H2,(H,22,24);1H. The molecular formula is C19H25ClFN3O2. The summed E-state index contributed by atoms with van der Waals surface area (Å²) in [5, 5.41) is 6.25. The number of piperidine rings is 1. The molecule has 1 aromatic carbocycles. The van der Waals surface area contributed by atoms with Gasteiger partial charge in [-0.15, -0.1) is 12.4 Å². The summed E-state index contributed by atoms with van der Waals surface area (Å²) in [6.45, 7) is 3.45. The van der Waals surface area contributed by atoms with E-state index in [1.165, 1.54) is 29.8 Å². The monoisotopic (exact) mass is 381 g/mol. The molecule has 1 fully saturated rings. The largest absolute Gasteiger partial charge is 0.352 e. The molecule has 7 heteroatoms. The molecule has 0 saturated carbocycles. The molecule has 0 aliphatic carbocycles. The van der Waals surface area contributed by atoms with Gasteiger partial charge in [-0.2, -0.15) is 0 Å². The number of amides is 2. The summed E-state index contributed by atoms with van der Waals surface area (Å²) in [4.78, 5) is 26.7. The van der Waals surface area contributed by atoms with Gasteiger partial charge in [0, 0.05) is 31.7 Å². The van der Waals surface area contributed by atoms with E-state index in [-0.39, 0.29) is 36.0 Å². The number of hydrogen-bond acceptors (Lipinski definition) is 3. The summed E-state index contributed by atoms with van der Waals surface area (Å²) in [5.74, 6) is -0.672. The highest BCUT2D eigenvalue weighted by Crippen LogP contribution is 2.19. The predicted molar refractivity (Wildman–Crippen MR) is 101 cm³/mol. The lowest BCUT2D eigenvalue weighted by atomic mass is 9.96. The second-order valence-corrected chi connectivity index (χ2v) is 6.63. The van der Waals surface area contributed by atoms with Crippen LogP contribution < -0.4 is 10.6 Å². The van der Waals surface area contributed by atoms with Crippen molar-refractivity contribution in [3.8, 4) is 0 Å². The third-order valence-corrected chi connectivity index (χ3v) is 4.82. The molecule has 1 unspecified atom stereocenters. The van der Waals surface area contributed by atoms with Gasteiger partial charge in [0.05, 0.1) is 5.92 Å². The van der Waals surface area contributed by atoms with Gasteiger partial charge in [-0.05, 0) is 50.1 Å². The van der Waals surface area contributed by atoms with Gasteiger partial charge in [-0.1, -0.05) is 11.6 Å². The first-order chi connectivity index (χ1) is 12.1. The molecule has 1 aromatic rings. The Kier molecular flexibility index (Phi) is 7.60. The van der Waals surface area contributed by atoms with Crippen molar-refractivity contribution >= 4 is 24.2 Å². The maximum absolute atomic E-state index is 13.0. The van der Waals surface area contributed by atoms with Crippen molar-refractivity contribution in [2.24, 2.45) is 5.92 Å². The Bertz CT molecular complexity index is 663. The van der Waals surface area contributed by atoms with Gasteiger partial charge in [0.1, 0.15) is 5.82 Å². The van der Waals surface area contributed by atoms with Gasteiger partial charge in [-0.3, -0.25) is 9.59 Å². The van der Waals surface area contributed by atoms with E-state index >= 15 is 0 Å². The Balaban J connectivity index is 0.00000243. The van der Waals surface area contributed by atoms with Crippen LogP contribution in [0, 0.1) is 11.7 Å². The number of benzene rings is 1. The zero-order valence-corrected chi connectivity index (χ0v) is 15.5. The molecule has 2 heterocycles. The van der Waals surface area contributed by atoms with Crippen LogP contribution in [0.2, 0.25) is 0 Å². The Hall–Kier alpha value is -1.92. The number of nitrogens with one attached hydrogen (secondary N) is 2. The Labute approximate surface area is 159 Å². The summed E-state index contributed by atoms with van der Waals surface area (Å²) < 4.78 is 13.0. The van der Waals surface area contributed by atoms with Crippen LogP contribution in [0.4, 0.5) is 4.39 Å². The van der Waals surface area contributed by atoms with E-state index in [1.54, 1.807) is 4.90 Å². The zero-order valence-electron chi connectivity index (χ0n) is 14.7. The molecule has 0 bridgehead atoms. The highest BCUT2D eigenvalue weighted by atomic mass is 35.5. The van der Waals surface area contributed by atoms with Crippen molar-refractivity contribution in [1.29, 1.82) is 0 Å². The molecule has 1 atom stereocenters. The first kappa shape index (κ1) is 20.4. The molecule has 2 aliphatic rings. The lowest BCUT2D eigenvalue weighted by Gasteiger charge is -2.32. The van der Waals surface area contributed by atoms with Crippen molar-refractivity contribution in [3.05, 3.63) is 47.3 Å². The Morgan fingerprint density at radius 2 is 2.04 bits per heavy atom. The van der Waals surface area contributed by atoms with Crippen LogP contribution in [-0.2, 0) is 4.79 Å². The smallest absolute Gasteiger partial charge is 0.253 e. The normalized spacial score (nSPS) is 20.0. The van der Waals surface area contributed by atoms with E-state index in [2.05, 4.69) is 16.7 Å². The molecule has 26 heavy (non-hydrogen) atoms. The quantitative estimate of drug-likeness (QED) is 0.785. The maximum Gasteiger partial charge on any atom is 0.253 e. The zero-order chi connectivity index (χ0) is 17.6. The van der Waals surface area contributed by atoms with Gasteiger partial charge in [0.25, 0.3) is 5.91 Å². The first-order valence-corrected chi connectivity index (χ1v) is 8.84. The fourth-order valence-corrected chi connectivity index (χ4v) is 3.33. The SMILES string of the molecule is Cl.O=C(NCC1=CCNCC1)C1CCCN(C(=O)c2ccc(F)cc2)C1. The van der Waals surface area contributed by atoms with Gasteiger partial charge in [-0.25, -0.2) is 4.39 Å². The summed E-state index contributed by atoms with van der Waals surface area (Å²) in [7, 11) is 0. The molecule has 0 radical (unpaired) electrons. The lowest BCUT2D eigenvalue weighted by molar-refractivity contribution is -0.126. The first-order valence-electron chi connectivity index (χ1n) is 8.84. The number of carbonyl (C=O) groups is 2. The van der Waals surface area contributed by atoms with Crippen molar-refractivity contribution in [3.63, 3.8) is 0 Å². The number of nitrogens with zero attached hydrogens (tertiary/aromatic N) is 1. The van der Waals surface area contributed by atoms with Crippen molar-refractivity contribution < 1.29 is 14.0 Å². The van der Waals surface area contributed by atoms with Crippen LogP contribution in [-0.4, -0.2) is 49.4 Å². The molecule has 2 aliphatic heterocycles. The topological polar surface area (TPSA) is 61.4 Å². The van der Waals surface area contributed by atoms with Crippen LogP contribution >= 0.6 is 12.4 Å². The number of rotatable bonds is 4. The molecule has 3 rings (SSSR count). The molecule has 0 aromatic heterocycles. The fourth-order valence-electron chi connectivity index (χ4n) is 3.33. The summed E-state index contributed by atoms with van der Waals surface area (Å²) in [6.07, 6.45) is 4.67. The minimum absolute atomic E-state index is 0. The Morgan fingerprint density at radius 1 is 1.27 bits per heavy atom. The van der Waals surface area contributed by atoms with Crippen LogP contribution in [0.5, 0.6) is 0 Å². The van der Waals surface area contributed by atoms with Gasteiger partial charge in [0.2, 0.25) is 5.91 Å². The number of carbonyl (C=O) groups excluding carboxylic acids is 2. The Morgan fingerprint density at radius 3 is 2.73 bits per heavy atom. The van der Waals surface area contributed by atoms with Crippen LogP contribution in [0.3, 0.4) is 0 Å². The number of hydrogen-bond donors (Lipinski definition) is 2. The molecule has 2 amide bonds. The van der Waals surface area contributed by atoms with E-state index in [0.29, 0.717) is 25.2 Å². The highest BCUT2D eigenvalue weighted by molar-refractivity contribution is 5.94. The van der Waals surface area contributed by atoms with Crippen molar-refractivity contribution in [2.45, 2.75) is 19.3 Å². The third-order valence-electron chi connectivity index (χ3n) is 4.82. The second-order valence-electron chi connectivity index (χ2n) is 6.63. The molecule has 5 nitrogen and oxygen atoms in total. The van der Waals surface area contributed by atoms with E-state index < -0.39 is 0 Å².